The van der Waals surface area contributed by atoms with Crippen molar-refractivity contribution in [2.24, 2.45) is 0 Å². The third-order valence-corrected chi connectivity index (χ3v) is 13.9. The topological polar surface area (TPSA) is 113 Å². The van der Waals surface area contributed by atoms with E-state index in [1.807, 2.05) is 0 Å². The summed E-state index contributed by atoms with van der Waals surface area (Å²) in [5.74, 6) is -0.558. The summed E-state index contributed by atoms with van der Waals surface area (Å²) in [4.78, 5) is 12.1. The van der Waals surface area contributed by atoms with Gasteiger partial charge in [0, 0.05) is 17.5 Å². The van der Waals surface area contributed by atoms with Crippen LogP contribution in [0.15, 0.2) is 29.2 Å². The molecule has 0 heterocycles. The Hall–Kier alpha value is -1.11. The molecule has 0 aromatic heterocycles. The number of nitrogens with zero attached hydrogens (tertiary/aromatic N) is 1. The van der Waals surface area contributed by atoms with Crippen LogP contribution in [0, 0.1) is 0 Å². The number of aliphatic hydroxyl groups excluding tert-OH is 1. The highest BCUT2D eigenvalue weighted by Gasteiger charge is 2.44. The van der Waals surface area contributed by atoms with Crippen LogP contribution in [-0.2, 0) is 19.2 Å². The van der Waals surface area contributed by atoms with Crippen molar-refractivity contribution < 1.29 is 32.6 Å². The number of ether oxygens (including phenoxy) is 1. The predicted molar refractivity (Wildman–Crippen MR) is 135 cm³/mol. The molecule has 0 aliphatic carbocycles. The van der Waals surface area contributed by atoms with Gasteiger partial charge < -0.3 is 19.4 Å². The van der Waals surface area contributed by atoms with Gasteiger partial charge in [-0.3, -0.25) is 4.79 Å². The fraction of sp³-hybridized carbons (Fsp3) is 0.682. The molecule has 0 saturated heterocycles. The van der Waals surface area contributed by atoms with E-state index in [0.29, 0.717) is 5.75 Å². The zero-order chi connectivity index (χ0) is 25.8. The highest BCUT2D eigenvalue weighted by atomic mass is 32.2. The SMILES string of the molecule is COc1ccc(S(=O)(=O)N(C)[C@@H](C(=O)O)C(C)(C)SC[C@@H](O)CO[Si](C)(C)C(C)(C)C)cc1. The van der Waals surface area contributed by atoms with Crippen LogP contribution in [0.3, 0.4) is 0 Å². The Labute approximate surface area is 203 Å². The van der Waals surface area contributed by atoms with Gasteiger partial charge >= 0.3 is 5.97 Å². The number of rotatable bonds is 12. The van der Waals surface area contributed by atoms with Crippen molar-refractivity contribution in [3.63, 3.8) is 0 Å². The molecule has 1 rings (SSSR count). The van der Waals surface area contributed by atoms with Gasteiger partial charge in [-0.1, -0.05) is 20.8 Å². The van der Waals surface area contributed by atoms with Gasteiger partial charge in [0.15, 0.2) is 8.32 Å². The molecule has 0 bridgehead atoms. The van der Waals surface area contributed by atoms with E-state index < -0.39 is 41.2 Å². The van der Waals surface area contributed by atoms with Crippen molar-refractivity contribution >= 4 is 36.1 Å². The first-order valence-corrected chi connectivity index (χ1v) is 16.0. The van der Waals surface area contributed by atoms with Gasteiger partial charge in [-0.15, -0.1) is 0 Å². The maximum Gasteiger partial charge on any atom is 0.323 e. The van der Waals surface area contributed by atoms with E-state index in [4.69, 9.17) is 9.16 Å². The lowest BCUT2D eigenvalue weighted by Crippen LogP contribution is -2.53. The van der Waals surface area contributed by atoms with Crippen LogP contribution in [0.2, 0.25) is 18.1 Å². The van der Waals surface area contributed by atoms with Crippen molar-refractivity contribution in [2.45, 2.75) is 74.5 Å². The highest BCUT2D eigenvalue weighted by Crippen LogP contribution is 2.37. The second-order valence-corrected chi connectivity index (χ2v) is 18.6. The molecule has 0 aliphatic rings. The molecule has 0 spiro atoms. The molecule has 11 heteroatoms. The number of likely N-dealkylation sites (N-methyl/N-ethyl adjacent to an activating group) is 1. The largest absolute Gasteiger partial charge is 0.497 e. The molecular formula is C22H39NO7S2Si. The Bertz CT molecular complexity index is 896. The number of carboxylic acids is 1. The maximum atomic E-state index is 13.1. The van der Waals surface area contributed by atoms with Gasteiger partial charge in [-0.25, -0.2) is 8.42 Å². The Morgan fingerprint density at radius 1 is 1.15 bits per heavy atom. The third-order valence-electron chi connectivity index (χ3n) is 6.08. The fourth-order valence-electron chi connectivity index (χ4n) is 2.90. The number of carbonyl (C=O) groups is 1. The summed E-state index contributed by atoms with van der Waals surface area (Å²) in [7, 11) is -3.37. The summed E-state index contributed by atoms with van der Waals surface area (Å²) >= 11 is 1.21. The molecule has 1 aromatic carbocycles. The molecule has 2 atom stereocenters. The molecule has 0 amide bonds. The fourth-order valence-corrected chi connectivity index (χ4v) is 6.59. The minimum atomic E-state index is -4.07. The van der Waals surface area contributed by atoms with Crippen molar-refractivity contribution in [1.82, 2.24) is 4.31 Å². The first kappa shape index (κ1) is 29.9. The number of methoxy groups -OCH3 is 1. The summed E-state index contributed by atoms with van der Waals surface area (Å²) in [6.07, 6.45) is -0.804. The summed E-state index contributed by atoms with van der Waals surface area (Å²) in [6, 6.07) is 4.42. The Balaban J connectivity index is 2.97. The van der Waals surface area contributed by atoms with Crippen LogP contribution in [-0.4, -0.2) is 80.6 Å². The maximum absolute atomic E-state index is 13.1. The van der Waals surface area contributed by atoms with Crippen LogP contribution in [0.25, 0.3) is 0 Å². The van der Waals surface area contributed by atoms with E-state index in [9.17, 15) is 23.4 Å². The molecule has 0 radical (unpaired) electrons. The molecule has 2 N–H and O–H groups in total. The molecule has 33 heavy (non-hydrogen) atoms. The average molecular weight is 522 g/mol. The van der Waals surface area contributed by atoms with E-state index in [1.54, 1.807) is 13.8 Å². The minimum absolute atomic E-state index is 0.00602. The summed E-state index contributed by atoms with van der Waals surface area (Å²) in [5.41, 5.74) is 0. The summed E-state index contributed by atoms with van der Waals surface area (Å²) in [6.45, 7) is 14.0. The van der Waals surface area contributed by atoms with E-state index >= 15 is 0 Å². The quantitative estimate of drug-likeness (QED) is 0.401. The highest BCUT2D eigenvalue weighted by molar-refractivity contribution is 8.00. The van der Waals surface area contributed by atoms with Crippen LogP contribution >= 0.6 is 11.8 Å². The number of sulfonamides is 1. The van der Waals surface area contributed by atoms with Crippen LogP contribution in [0.5, 0.6) is 5.75 Å². The van der Waals surface area contributed by atoms with Crippen molar-refractivity contribution in [3.8, 4) is 5.75 Å². The van der Waals surface area contributed by atoms with Crippen molar-refractivity contribution in [1.29, 1.82) is 0 Å². The average Bonchev–Trinajstić information content (AvgIpc) is 2.69. The molecular weight excluding hydrogens is 482 g/mol. The molecule has 190 valence electrons. The molecule has 0 fully saturated rings. The second kappa shape index (κ2) is 11.1. The number of carboxylic acid groups (broad SMARTS) is 1. The summed E-state index contributed by atoms with van der Waals surface area (Å²) in [5, 5.41) is 20.4. The minimum Gasteiger partial charge on any atom is -0.497 e. The Morgan fingerprint density at radius 3 is 2.09 bits per heavy atom. The molecule has 1 aromatic rings. The van der Waals surface area contributed by atoms with Gasteiger partial charge in [0.1, 0.15) is 11.8 Å². The number of aliphatic carboxylic acids is 1. The molecule has 0 aliphatic heterocycles. The second-order valence-electron chi connectivity index (χ2n) is 10.1. The van der Waals surface area contributed by atoms with E-state index in [0.717, 1.165) is 4.31 Å². The van der Waals surface area contributed by atoms with Gasteiger partial charge in [0.25, 0.3) is 0 Å². The van der Waals surface area contributed by atoms with Gasteiger partial charge in [0.05, 0.1) is 24.7 Å². The smallest absolute Gasteiger partial charge is 0.323 e. The monoisotopic (exact) mass is 521 g/mol. The molecule has 0 saturated carbocycles. The first-order chi connectivity index (χ1) is 14.9. The van der Waals surface area contributed by atoms with Crippen LogP contribution < -0.4 is 4.74 Å². The lowest BCUT2D eigenvalue weighted by atomic mass is 10.0. The lowest BCUT2D eigenvalue weighted by molar-refractivity contribution is -0.142. The Kier molecular flexibility index (Phi) is 10.1. The van der Waals surface area contributed by atoms with E-state index in [2.05, 4.69) is 33.9 Å². The number of hydrogen-bond acceptors (Lipinski definition) is 7. The first-order valence-electron chi connectivity index (χ1n) is 10.7. The molecule has 0 unspecified atom stereocenters. The zero-order valence-corrected chi connectivity index (χ0v) is 23.7. The third kappa shape index (κ3) is 7.69. The number of hydrogen-bond donors (Lipinski definition) is 2. The standard InChI is InChI=1S/C22H39NO7S2Si/c1-21(2,3)33(8,9)30-14-16(24)15-31-22(4,5)19(20(25)26)23(6)32(27,28)18-12-10-17(29-7)11-13-18/h10-13,16,19,24H,14-15H2,1-9H3,(H,25,26)/t16-,19-/m0/s1. The normalized spacial score (nSPS) is 15.4. The number of aliphatic hydroxyl groups is 1. The number of thioether (sulfide) groups is 1. The van der Waals surface area contributed by atoms with Gasteiger partial charge in [-0.2, -0.15) is 16.1 Å². The number of benzene rings is 1. The van der Waals surface area contributed by atoms with Crippen LogP contribution in [0.1, 0.15) is 34.6 Å². The van der Waals surface area contributed by atoms with Crippen molar-refractivity contribution in [2.75, 3.05) is 26.5 Å². The van der Waals surface area contributed by atoms with Gasteiger partial charge in [-0.05, 0) is 56.2 Å². The zero-order valence-electron chi connectivity index (χ0n) is 21.1. The van der Waals surface area contributed by atoms with E-state index in [1.165, 1.54) is 50.2 Å². The Morgan fingerprint density at radius 2 is 1.67 bits per heavy atom. The lowest BCUT2D eigenvalue weighted by Gasteiger charge is -2.38. The van der Waals surface area contributed by atoms with Crippen LogP contribution in [0.4, 0.5) is 0 Å². The van der Waals surface area contributed by atoms with E-state index in [-0.39, 0.29) is 22.3 Å². The van der Waals surface area contributed by atoms with Crippen molar-refractivity contribution in [3.05, 3.63) is 24.3 Å². The molecule has 8 nitrogen and oxygen atoms in total. The summed E-state index contributed by atoms with van der Waals surface area (Å²) < 4.78 is 37.2. The van der Waals surface area contributed by atoms with Gasteiger partial charge in [0.2, 0.25) is 10.0 Å². The predicted octanol–water partition coefficient (Wildman–Crippen LogP) is 3.66.